The molecule has 0 amide bonds. The van der Waals surface area contributed by atoms with Crippen molar-refractivity contribution >= 4 is 11.7 Å². The molecular formula is C27H42O5. The number of benzene rings is 1. The Morgan fingerprint density at radius 2 is 1.38 bits per heavy atom. The second kappa shape index (κ2) is 15.7. The van der Waals surface area contributed by atoms with Gasteiger partial charge in [-0.05, 0) is 36.6 Å². The van der Waals surface area contributed by atoms with Gasteiger partial charge in [0.2, 0.25) is 0 Å². The number of allylic oxidation sites excluding steroid dienone is 1. The minimum Gasteiger partial charge on any atom is -0.493 e. The van der Waals surface area contributed by atoms with Gasteiger partial charge in [0.05, 0.1) is 14.2 Å². The van der Waals surface area contributed by atoms with Crippen molar-refractivity contribution in [3.63, 3.8) is 0 Å². The van der Waals surface area contributed by atoms with Crippen LogP contribution in [0.5, 0.6) is 11.5 Å². The van der Waals surface area contributed by atoms with E-state index >= 15 is 0 Å². The third-order valence-electron chi connectivity index (χ3n) is 5.97. The van der Waals surface area contributed by atoms with Gasteiger partial charge in [-0.3, -0.25) is 0 Å². The zero-order chi connectivity index (χ0) is 23.0. The summed E-state index contributed by atoms with van der Waals surface area (Å²) < 4.78 is 21.7. The van der Waals surface area contributed by atoms with E-state index < -0.39 is 0 Å². The highest BCUT2D eigenvalue weighted by molar-refractivity contribution is 5.82. The van der Waals surface area contributed by atoms with Gasteiger partial charge < -0.3 is 18.9 Å². The summed E-state index contributed by atoms with van der Waals surface area (Å²) >= 11 is 0. The highest BCUT2D eigenvalue weighted by atomic mass is 16.6. The minimum absolute atomic E-state index is 0.0159. The van der Waals surface area contributed by atoms with Gasteiger partial charge in [0.15, 0.2) is 11.5 Å². The zero-order valence-electron chi connectivity index (χ0n) is 20.4. The molecule has 0 spiro atoms. The van der Waals surface area contributed by atoms with Crippen LogP contribution in [0.2, 0.25) is 0 Å². The molecule has 180 valence electrons. The van der Waals surface area contributed by atoms with Crippen LogP contribution in [0.25, 0.3) is 5.76 Å². The summed E-state index contributed by atoms with van der Waals surface area (Å²) in [6.07, 6.45) is 18.3. The molecule has 0 unspecified atom stereocenters. The summed E-state index contributed by atoms with van der Waals surface area (Å²) in [5.41, 5.74) is 1.93. The lowest BCUT2D eigenvalue weighted by atomic mass is 10.1. The Labute approximate surface area is 194 Å². The standard InChI is InChI=1S/C27H42O5/c1-4-5-6-7-8-9-10-11-12-13-14-15-18-31-21-27(28)32-24-17-16-22-19-25(29-2)26(30-3)20-23(22)24/h17,19-20H,4-16,18,21H2,1-3H3. The SMILES string of the molecule is CCCCCCCCCCCCCCOCC(=O)OC1=CCc2cc(OC)c(OC)cc21. The Hall–Kier alpha value is -2.01. The predicted molar refractivity (Wildman–Crippen MR) is 129 cm³/mol. The fraction of sp³-hybridized carbons (Fsp3) is 0.667. The Balaban J connectivity index is 1.50. The number of carbonyl (C=O) groups is 1. The molecule has 0 fully saturated rings. The lowest BCUT2D eigenvalue weighted by molar-refractivity contribution is -0.141. The number of methoxy groups -OCH3 is 2. The second-order valence-corrected chi connectivity index (χ2v) is 8.55. The lowest BCUT2D eigenvalue weighted by Crippen LogP contribution is -2.12. The number of hydrogen-bond acceptors (Lipinski definition) is 5. The van der Waals surface area contributed by atoms with Gasteiger partial charge in [-0.2, -0.15) is 0 Å². The van der Waals surface area contributed by atoms with Crippen molar-refractivity contribution in [1.29, 1.82) is 0 Å². The van der Waals surface area contributed by atoms with Crippen molar-refractivity contribution in [3.8, 4) is 11.5 Å². The predicted octanol–water partition coefficient (Wildman–Crippen LogP) is 6.86. The van der Waals surface area contributed by atoms with Crippen LogP contribution in [0.15, 0.2) is 18.2 Å². The van der Waals surface area contributed by atoms with Crippen molar-refractivity contribution in [1.82, 2.24) is 0 Å². The van der Waals surface area contributed by atoms with Crippen molar-refractivity contribution in [2.75, 3.05) is 27.4 Å². The average Bonchev–Trinajstić information content (AvgIpc) is 3.19. The summed E-state index contributed by atoms with van der Waals surface area (Å²) in [7, 11) is 3.21. The van der Waals surface area contributed by atoms with Gasteiger partial charge in [-0.15, -0.1) is 0 Å². The number of fused-ring (bicyclic) bond motifs is 1. The van der Waals surface area contributed by atoms with E-state index in [-0.39, 0.29) is 12.6 Å². The molecule has 1 aliphatic rings. The number of carbonyl (C=O) groups excluding carboxylic acids is 1. The Bertz CT molecular complexity index is 710. The fourth-order valence-corrected chi connectivity index (χ4v) is 4.08. The second-order valence-electron chi connectivity index (χ2n) is 8.55. The largest absolute Gasteiger partial charge is 0.493 e. The first-order valence-electron chi connectivity index (χ1n) is 12.4. The van der Waals surface area contributed by atoms with Gasteiger partial charge in [0.1, 0.15) is 12.4 Å². The fourth-order valence-electron chi connectivity index (χ4n) is 4.08. The van der Waals surface area contributed by atoms with E-state index in [0.29, 0.717) is 30.3 Å². The molecule has 0 N–H and O–H groups in total. The lowest BCUT2D eigenvalue weighted by Gasteiger charge is -2.12. The van der Waals surface area contributed by atoms with Gasteiger partial charge >= 0.3 is 5.97 Å². The monoisotopic (exact) mass is 446 g/mol. The molecule has 5 nitrogen and oxygen atoms in total. The first-order chi connectivity index (χ1) is 15.7. The number of unbranched alkanes of at least 4 members (excludes halogenated alkanes) is 11. The van der Waals surface area contributed by atoms with Crippen LogP contribution in [-0.2, 0) is 20.7 Å². The Morgan fingerprint density at radius 3 is 1.97 bits per heavy atom. The number of esters is 1. The number of rotatable bonds is 18. The molecule has 0 aromatic heterocycles. The first kappa shape index (κ1) is 26.2. The smallest absolute Gasteiger partial charge is 0.337 e. The summed E-state index contributed by atoms with van der Waals surface area (Å²) in [6, 6.07) is 3.78. The molecule has 1 aliphatic carbocycles. The molecule has 0 saturated heterocycles. The van der Waals surface area contributed by atoms with E-state index in [9.17, 15) is 4.79 Å². The maximum absolute atomic E-state index is 12.2. The number of ether oxygens (including phenoxy) is 4. The maximum atomic E-state index is 12.2. The van der Waals surface area contributed by atoms with Crippen molar-refractivity contribution in [2.45, 2.75) is 90.4 Å². The Morgan fingerprint density at radius 1 is 0.812 bits per heavy atom. The van der Waals surface area contributed by atoms with E-state index in [2.05, 4.69) is 6.92 Å². The van der Waals surface area contributed by atoms with Crippen LogP contribution in [-0.4, -0.2) is 33.4 Å². The molecule has 0 heterocycles. The molecule has 1 aromatic carbocycles. The van der Waals surface area contributed by atoms with E-state index in [4.69, 9.17) is 18.9 Å². The van der Waals surface area contributed by atoms with Crippen LogP contribution in [0.4, 0.5) is 0 Å². The maximum Gasteiger partial charge on any atom is 0.337 e. The van der Waals surface area contributed by atoms with Gasteiger partial charge in [-0.25, -0.2) is 4.79 Å². The highest BCUT2D eigenvalue weighted by Gasteiger charge is 2.21. The number of hydrogen-bond donors (Lipinski definition) is 0. The molecule has 1 aromatic rings. The zero-order valence-corrected chi connectivity index (χ0v) is 20.4. The van der Waals surface area contributed by atoms with Crippen molar-refractivity contribution in [3.05, 3.63) is 29.3 Å². The third-order valence-corrected chi connectivity index (χ3v) is 5.97. The van der Waals surface area contributed by atoms with E-state index in [0.717, 1.165) is 24.0 Å². The van der Waals surface area contributed by atoms with Crippen LogP contribution >= 0.6 is 0 Å². The summed E-state index contributed by atoms with van der Waals surface area (Å²) in [4.78, 5) is 12.2. The molecule has 5 heteroatoms. The molecule has 32 heavy (non-hydrogen) atoms. The Kier molecular flexibility index (Phi) is 12.9. The topological polar surface area (TPSA) is 54.0 Å². The summed E-state index contributed by atoms with van der Waals surface area (Å²) in [5, 5.41) is 0. The first-order valence-corrected chi connectivity index (χ1v) is 12.4. The minimum atomic E-state index is -0.363. The molecule has 0 aliphatic heterocycles. The third kappa shape index (κ3) is 9.23. The van der Waals surface area contributed by atoms with Crippen LogP contribution < -0.4 is 9.47 Å². The summed E-state index contributed by atoms with van der Waals surface area (Å²) in [6.45, 7) is 2.85. The normalized spacial score (nSPS) is 12.4. The molecule has 2 rings (SSSR count). The van der Waals surface area contributed by atoms with E-state index in [1.165, 1.54) is 64.2 Å². The van der Waals surface area contributed by atoms with Gasteiger partial charge in [0.25, 0.3) is 0 Å². The van der Waals surface area contributed by atoms with Crippen molar-refractivity contribution in [2.24, 2.45) is 0 Å². The van der Waals surface area contributed by atoms with E-state index in [1.807, 2.05) is 18.2 Å². The van der Waals surface area contributed by atoms with Crippen LogP contribution in [0.1, 0.15) is 95.1 Å². The highest BCUT2D eigenvalue weighted by Crippen LogP contribution is 2.37. The molecular weight excluding hydrogens is 404 g/mol. The van der Waals surface area contributed by atoms with E-state index in [1.54, 1.807) is 14.2 Å². The summed E-state index contributed by atoms with van der Waals surface area (Å²) in [5.74, 6) is 1.51. The van der Waals surface area contributed by atoms with Crippen LogP contribution in [0.3, 0.4) is 0 Å². The molecule has 0 bridgehead atoms. The molecule has 0 atom stereocenters. The quantitative estimate of drug-likeness (QED) is 0.182. The van der Waals surface area contributed by atoms with Crippen molar-refractivity contribution < 1.29 is 23.7 Å². The average molecular weight is 447 g/mol. The van der Waals surface area contributed by atoms with Gasteiger partial charge in [-0.1, -0.05) is 77.6 Å². The molecule has 0 saturated carbocycles. The van der Waals surface area contributed by atoms with Gasteiger partial charge in [0, 0.05) is 12.2 Å². The molecule has 0 radical (unpaired) electrons. The van der Waals surface area contributed by atoms with Crippen LogP contribution in [0, 0.1) is 0 Å².